The van der Waals surface area contributed by atoms with Crippen molar-refractivity contribution in [3.8, 4) is 5.13 Å². The first-order chi connectivity index (χ1) is 15.8. The zero-order valence-electron chi connectivity index (χ0n) is 18.6. The van der Waals surface area contributed by atoms with Crippen molar-refractivity contribution in [2.75, 3.05) is 31.2 Å². The summed E-state index contributed by atoms with van der Waals surface area (Å²) in [5.41, 5.74) is 0.0445. The van der Waals surface area contributed by atoms with Gasteiger partial charge in [-0.25, -0.2) is 14.8 Å². The normalized spacial score (nSPS) is 14.8. The van der Waals surface area contributed by atoms with E-state index in [4.69, 9.17) is 4.74 Å². The van der Waals surface area contributed by atoms with Crippen LogP contribution in [0.25, 0.3) is 16.2 Å². The number of carbonyl (C=O) groups excluding carboxylic acids is 1. The summed E-state index contributed by atoms with van der Waals surface area (Å²) in [5, 5.41) is 15.0. The van der Waals surface area contributed by atoms with E-state index in [0.717, 1.165) is 0 Å². The van der Waals surface area contributed by atoms with E-state index >= 15 is 0 Å². The van der Waals surface area contributed by atoms with Gasteiger partial charge in [0, 0.05) is 43.5 Å². The highest BCUT2D eigenvalue weighted by Gasteiger charge is 2.34. The molecule has 11 heteroatoms. The highest BCUT2D eigenvalue weighted by Crippen LogP contribution is 2.28. The highest BCUT2D eigenvalue weighted by atomic mass is 32.1. The molecule has 33 heavy (non-hydrogen) atoms. The lowest BCUT2D eigenvalue weighted by Gasteiger charge is -2.39. The maximum atomic E-state index is 12.9. The second-order valence-corrected chi connectivity index (χ2v) is 8.90. The molecule has 0 bridgehead atoms. The number of fused-ring (bicyclic) bond motifs is 1. The first kappa shape index (κ1) is 22.9. The third kappa shape index (κ3) is 4.46. The standard InChI is InChI=1S/C22H25N5O5S/c1-4-32-11-13(3)24-20(29)14-8-26(9-14)16-7-12(2)17-18(28)15(21(30)31)10-27(19(17)25-16)22-23-5-6-33-22/h5-7,10,13-14H,4,8-9,11H2,1-3H3,(H,24,29)(H,30,31). The van der Waals surface area contributed by atoms with Crippen molar-refractivity contribution >= 4 is 40.1 Å². The number of carboxylic acids is 1. The predicted octanol–water partition coefficient (Wildman–Crippen LogP) is 1.83. The molecule has 1 saturated heterocycles. The van der Waals surface area contributed by atoms with Gasteiger partial charge in [-0.1, -0.05) is 0 Å². The van der Waals surface area contributed by atoms with Crippen LogP contribution in [0.3, 0.4) is 0 Å². The molecular formula is C22H25N5O5S. The van der Waals surface area contributed by atoms with Crippen LogP contribution in [0.15, 0.2) is 28.6 Å². The minimum atomic E-state index is -1.30. The molecule has 1 fully saturated rings. The van der Waals surface area contributed by atoms with Gasteiger partial charge in [0.15, 0.2) is 10.8 Å². The molecule has 1 unspecified atom stereocenters. The Hall–Kier alpha value is -3.31. The molecule has 1 aliphatic heterocycles. The van der Waals surface area contributed by atoms with Gasteiger partial charge >= 0.3 is 5.97 Å². The minimum Gasteiger partial charge on any atom is -0.477 e. The Bertz CT molecular complexity index is 1250. The molecule has 1 aliphatic rings. The Morgan fingerprint density at radius 3 is 2.79 bits per heavy atom. The van der Waals surface area contributed by atoms with Gasteiger partial charge in [-0.2, -0.15) is 0 Å². The molecule has 1 atom stereocenters. The first-order valence-electron chi connectivity index (χ1n) is 10.6. The van der Waals surface area contributed by atoms with Gasteiger partial charge in [-0.3, -0.25) is 14.2 Å². The van der Waals surface area contributed by atoms with E-state index in [0.29, 0.717) is 48.5 Å². The van der Waals surface area contributed by atoms with Crippen molar-refractivity contribution in [2.24, 2.45) is 5.92 Å². The molecule has 0 saturated carbocycles. The van der Waals surface area contributed by atoms with Crippen LogP contribution < -0.4 is 15.6 Å². The number of nitrogens with one attached hydrogen (secondary N) is 1. The lowest BCUT2D eigenvalue weighted by Crippen LogP contribution is -2.55. The molecular weight excluding hydrogens is 446 g/mol. The van der Waals surface area contributed by atoms with E-state index in [1.165, 1.54) is 17.5 Å². The van der Waals surface area contributed by atoms with Crippen molar-refractivity contribution in [3.63, 3.8) is 0 Å². The van der Waals surface area contributed by atoms with Crippen molar-refractivity contribution in [2.45, 2.75) is 26.8 Å². The number of aryl methyl sites for hydroxylation is 1. The number of carbonyl (C=O) groups is 2. The molecule has 0 aromatic carbocycles. The molecule has 0 spiro atoms. The van der Waals surface area contributed by atoms with Gasteiger partial charge in [0.1, 0.15) is 11.4 Å². The summed E-state index contributed by atoms with van der Waals surface area (Å²) in [4.78, 5) is 47.9. The van der Waals surface area contributed by atoms with E-state index in [-0.39, 0.29) is 28.8 Å². The molecule has 1 amide bonds. The summed E-state index contributed by atoms with van der Waals surface area (Å²) >= 11 is 1.31. The SMILES string of the molecule is CCOCC(C)NC(=O)C1CN(c2cc(C)c3c(=O)c(C(=O)O)cn(-c4nccs4)c3n2)C1. The number of hydrogen-bond acceptors (Lipinski definition) is 8. The lowest BCUT2D eigenvalue weighted by molar-refractivity contribution is -0.126. The number of pyridine rings is 2. The fourth-order valence-corrected chi connectivity index (χ4v) is 4.42. The van der Waals surface area contributed by atoms with Gasteiger partial charge in [0.2, 0.25) is 11.3 Å². The van der Waals surface area contributed by atoms with Crippen LogP contribution in [-0.2, 0) is 9.53 Å². The second-order valence-electron chi connectivity index (χ2n) is 8.03. The Labute approximate surface area is 193 Å². The fraction of sp³-hybridized carbons (Fsp3) is 0.409. The van der Waals surface area contributed by atoms with Crippen molar-refractivity contribution in [1.29, 1.82) is 0 Å². The minimum absolute atomic E-state index is 0.0261. The van der Waals surface area contributed by atoms with Crippen molar-refractivity contribution in [3.05, 3.63) is 45.2 Å². The number of rotatable bonds is 8. The summed E-state index contributed by atoms with van der Waals surface area (Å²) in [6.45, 7) is 7.64. The third-order valence-electron chi connectivity index (χ3n) is 5.53. The predicted molar refractivity (Wildman–Crippen MR) is 125 cm³/mol. The molecule has 174 valence electrons. The quantitative estimate of drug-likeness (QED) is 0.510. The number of anilines is 1. The molecule has 2 N–H and O–H groups in total. The number of aromatic nitrogens is 3. The topological polar surface area (TPSA) is 127 Å². The number of amides is 1. The van der Waals surface area contributed by atoms with Crippen LogP contribution in [0.4, 0.5) is 5.82 Å². The second kappa shape index (κ2) is 9.28. The van der Waals surface area contributed by atoms with E-state index in [1.54, 1.807) is 29.1 Å². The van der Waals surface area contributed by atoms with Crippen molar-refractivity contribution in [1.82, 2.24) is 19.9 Å². The third-order valence-corrected chi connectivity index (χ3v) is 6.31. The number of nitrogens with zero attached hydrogens (tertiary/aromatic N) is 4. The molecule has 3 aromatic heterocycles. The molecule has 3 aromatic rings. The first-order valence-corrected chi connectivity index (χ1v) is 11.5. The van der Waals surface area contributed by atoms with E-state index in [2.05, 4.69) is 15.3 Å². The molecule has 10 nitrogen and oxygen atoms in total. The lowest BCUT2D eigenvalue weighted by atomic mass is 9.98. The molecule has 0 aliphatic carbocycles. The van der Waals surface area contributed by atoms with Gasteiger partial charge in [0.25, 0.3) is 0 Å². The van der Waals surface area contributed by atoms with Crippen LogP contribution in [0.1, 0.15) is 29.8 Å². The summed E-state index contributed by atoms with van der Waals surface area (Å²) in [6.07, 6.45) is 2.88. The van der Waals surface area contributed by atoms with E-state index in [9.17, 15) is 19.5 Å². The van der Waals surface area contributed by atoms with Gasteiger partial charge in [-0.05, 0) is 32.4 Å². The largest absolute Gasteiger partial charge is 0.477 e. The molecule has 0 radical (unpaired) electrons. The highest BCUT2D eigenvalue weighted by molar-refractivity contribution is 7.12. The maximum Gasteiger partial charge on any atom is 0.341 e. The fourth-order valence-electron chi connectivity index (χ4n) is 3.80. The zero-order valence-corrected chi connectivity index (χ0v) is 19.4. The van der Waals surface area contributed by atoms with Crippen LogP contribution in [-0.4, -0.2) is 63.9 Å². The van der Waals surface area contributed by atoms with Gasteiger partial charge in [-0.15, -0.1) is 11.3 Å². The average Bonchev–Trinajstić information content (AvgIpc) is 3.25. The Balaban J connectivity index is 1.63. The summed E-state index contributed by atoms with van der Waals surface area (Å²) < 4.78 is 6.89. The average molecular weight is 472 g/mol. The Kier molecular flexibility index (Phi) is 6.43. The van der Waals surface area contributed by atoms with Gasteiger partial charge < -0.3 is 20.1 Å². The van der Waals surface area contributed by atoms with Crippen LogP contribution >= 0.6 is 11.3 Å². The summed E-state index contributed by atoms with van der Waals surface area (Å²) in [5.74, 6) is -0.866. The van der Waals surface area contributed by atoms with Crippen LogP contribution in [0, 0.1) is 12.8 Å². The maximum absolute atomic E-state index is 12.9. The zero-order chi connectivity index (χ0) is 23.7. The Morgan fingerprint density at radius 2 is 2.15 bits per heavy atom. The van der Waals surface area contributed by atoms with Crippen LogP contribution in [0.5, 0.6) is 0 Å². The summed E-state index contributed by atoms with van der Waals surface area (Å²) in [6, 6.07) is 1.69. The number of ether oxygens (including phenoxy) is 1. The number of aromatic carboxylic acids is 1. The number of hydrogen-bond donors (Lipinski definition) is 2. The Morgan fingerprint density at radius 1 is 1.39 bits per heavy atom. The number of carboxylic acid groups (broad SMARTS) is 1. The van der Waals surface area contributed by atoms with Crippen LogP contribution in [0.2, 0.25) is 0 Å². The van der Waals surface area contributed by atoms with E-state index in [1.807, 2.05) is 18.7 Å². The molecule has 4 rings (SSSR count). The van der Waals surface area contributed by atoms with Gasteiger partial charge in [0.05, 0.1) is 17.9 Å². The summed E-state index contributed by atoms with van der Waals surface area (Å²) in [7, 11) is 0. The monoisotopic (exact) mass is 471 g/mol. The number of thiazole rings is 1. The van der Waals surface area contributed by atoms with Crippen molar-refractivity contribution < 1.29 is 19.4 Å². The molecule has 4 heterocycles. The smallest absolute Gasteiger partial charge is 0.341 e. The van der Waals surface area contributed by atoms with E-state index < -0.39 is 11.4 Å².